The Morgan fingerprint density at radius 1 is 0.793 bits per heavy atom. The Kier molecular flexibility index (Phi) is 29.3. The second-order valence-electron chi connectivity index (χ2n) is 22.4. The van der Waals surface area contributed by atoms with Crippen molar-refractivity contribution in [3.8, 4) is 16.5 Å². The number of thiazole rings is 1. The number of likely N-dealkylation sites (tertiary alicyclic amines) is 1. The number of aryl methyl sites for hydroxylation is 1. The fourth-order valence-corrected chi connectivity index (χ4v) is 9.86. The summed E-state index contributed by atoms with van der Waals surface area (Å²) in [5.74, 6) is -4.36. The lowest BCUT2D eigenvalue weighted by atomic mass is 9.85. The molecular formula is C57H88N10O14S. The number of aromatic nitrogens is 1. The van der Waals surface area contributed by atoms with Gasteiger partial charge in [-0.1, -0.05) is 72.7 Å². The number of hydrogen-bond donors (Lipinski definition) is 8. The maximum Gasteiger partial charge on any atom is 0.246 e. The van der Waals surface area contributed by atoms with Crippen molar-refractivity contribution >= 4 is 58.6 Å². The predicted octanol–water partition coefficient (Wildman–Crippen LogP) is 1.80. The summed E-state index contributed by atoms with van der Waals surface area (Å²) in [5.41, 5.74) is 3.97. The maximum atomic E-state index is 14.0. The Labute approximate surface area is 486 Å². The number of rotatable bonds is 36. The van der Waals surface area contributed by atoms with Crippen LogP contribution in [-0.2, 0) is 68.6 Å². The van der Waals surface area contributed by atoms with Crippen LogP contribution in [0.15, 0.2) is 29.8 Å². The molecule has 1 aromatic heterocycles. The van der Waals surface area contributed by atoms with Crippen LogP contribution in [0.25, 0.3) is 10.4 Å². The molecule has 0 aliphatic carbocycles. The smallest absolute Gasteiger partial charge is 0.246 e. The highest BCUT2D eigenvalue weighted by molar-refractivity contribution is 7.13. The van der Waals surface area contributed by atoms with Crippen LogP contribution in [0.5, 0.6) is 0 Å². The minimum absolute atomic E-state index is 0.00330. The summed E-state index contributed by atoms with van der Waals surface area (Å²) in [5, 5.41) is 39.4. The zero-order valence-electron chi connectivity index (χ0n) is 49.1. The van der Waals surface area contributed by atoms with Gasteiger partial charge in [-0.2, -0.15) is 5.26 Å². The number of aliphatic hydroxyl groups excluding tert-OH is 1. The van der Waals surface area contributed by atoms with Crippen LogP contribution >= 0.6 is 11.3 Å². The summed E-state index contributed by atoms with van der Waals surface area (Å²) in [6.45, 7) is 19.2. The Bertz CT molecular complexity index is 2430. The zero-order valence-corrected chi connectivity index (χ0v) is 49.9. The highest BCUT2D eigenvalue weighted by Gasteiger charge is 2.44. The monoisotopic (exact) mass is 1170 g/mol. The zero-order chi connectivity index (χ0) is 60.4. The lowest BCUT2D eigenvalue weighted by Gasteiger charge is -2.35. The second kappa shape index (κ2) is 35.1. The number of nitriles is 1. The summed E-state index contributed by atoms with van der Waals surface area (Å²) in [4.78, 5) is 112. The molecule has 1 aromatic carbocycles. The lowest BCUT2D eigenvalue weighted by Crippen LogP contribution is -2.58. The van der Waals surface area contributed by atoms with Crippen LogP contribution in [0.3, 0.4) is 0 Å². The standard InChI is InChI=1S/C57H88N10O14S/c1-35(2)28-44(53(73)63-42(31-58)29-41-14-17-59-52(41)72)64-55(75)48(36(3)4)66-51(71)38(6)62-46(69)15-18-77-20-22-79-24-26-81-27-25-80-23-21-78-19-16-47(70)65-50(57(7,8)9)56(76)67-33-43(68)30-45(67)54(74)60-32-39-10-12-40(13-11-39)49-37(5)61-34-82-49/h10-13,34-36,38,41-45,48,50,68H,14-30,32-33H2,1-9H3,(H,59,72)(H,60,74)(H,62,69)(H,63,73)(H,64,75)(H,65,70)(H,66,71)/t38-,41-,42-,43+,44-,45-,48-,50+/m0/s1. The highest BCUT2D eigenvalue weighted by Crippen LogP contribution is 2.29. The molecule has 2 aromatic rings. The van der Waals surface area contributed by atoms with Gasteiger partial charge in [-0.15, -0.1) is 11.3 Å². The number of aliphatic hydroxyl groups is 1. The van der Waals surface area contributed by atoms with Crippen LogP contribution in [0, 0.1) is 41.4 Å². The third-order valence-electron chi connectivity index (χ3n) is 13.7. The number of β-amino-alcohol motifs (C(OH)–C–C–N with tert-alkyl or cyclic N) is 1. The van der Waals surface area contributed by atoms with Crippen molar-refractivity contribution in [3.63, 3.8) is 0 Å². The number of carbonyl (C=O) groups excluding carboxylic acids is 8. The molecule has 2 aliphatic rings. The van der Waals surface area contributed by atoms with Gasteiger partial charge in [-0.3, -0.25) is 38.4 Å². The Balaban J connectivity index is 1.01. The molecule has 8 amide bonds. The largest absolute Gasteiger partial charge is 0.391 e. The van der Waals surface area contributed by atoms with Crippen LogP contribution < -0.4 is 37.2 Å². The number of benzene rings is 1. The summed E-state index contributed by atoms with van der Waals surface area (Å²) >= 11 is 1.56. The number of carbonyl (C=O) groups is 8. The number of nitrogens with zero attached hydrogens (tertiary/aromatic N) is 3. The van der Waals surface area contributed by atoms with Gasteiger partial charge in [0.1, 0.15) is 36.3 Å². The molecule has 0 saturated carbocycles. The first kappa shape index (κ1) is 68.4. The molecule has 24 nitrogen and oxygen atoms in total. The molecule has 82 heavy (non-hydrogen) atoms. The first-order chi connectivity index (χ1) is 39.0. The average molecular weight is 1170 g/mol. The molecule has 2 aliphatic heterocycles. The molecule has 0 spiro atoms. The number of amides is 8. The topological polar surface area (TPSA) is 327 Å². The third-order valence-corrected chi connectivity index (χ3v) is 14.6. The van der Waals surface area contributed by atoms with Gasteiger partial charge >= 0.3 is 0 Å². The van der Waals surface area contributed by atoms with Crippen molar-refractivity contribution in [2.75, 3.05) is 79.2 Å². The second-order valence-corrected chi connectivity index (χ2v) is 23.3. The van der Waals surface area contributed by atoms with Crippen LogP contribution in [0.1, 0.15) is 105 Å². The van der Waals surface area contributed by atoms with E-state index in [4.69, 9.17) is 23.7 Å². The fourth-order valence-electron chi connectivity index (χ4n) is 9.05. The number of ether oxygens (including phenoxy) is 5. The van der Waals surface area contributed by atoms with E-state index >= 15 is 0 Å². The Hall–Kier alpha value is -6.14. The van der Waals surface area contributed by atoms with Crippen molar-refractivity contribution < 1.29 is 67.1 Å². The molecule has 8 N–H and O–H groups in total. The van der Waals surface area contributed by atoms with E-state index in [-0.39, 0.29) is 114 Å². The molecule has 2 saturated heterocycles. The molecule has 3 heterocycles. The van der Waals surface area contributed by atoms with Gasteiger partial charge in [0, 0.05) is 44.8 Å². The van der Waals surface area contributed by atoms with Gasteiger partial charge in [-0.05, 0) is 61.5 Å². The van der Waals surface area contributed by atoms with E-state index in [0.29, 0.717) is 39.4 Å². The van der Waals surface area contributed by atoms with Crippen molar-refractivity contribution in [1.29, 1.82) is 5.26 Å². The third kappa shape index (κ3) is 23.6. The molecule has 0 bridgehead atoms. The van der Waals surface area contributed by atoms with Crippen molar-refractivity contribution in [2.45, 2.75) is 150 Å². The lowest BCUT2D eigenvalue weighted by molar-refractivity contribution is -0.144. The minimum Gasteiger partial charge on any atom is -0.391 e. The van der Waals surface area contributed by atoms with Crippen LogP contribution in [0.2, 0.25) is 0 Å². The first-order valence-corrected chi connectivity index (χ1v) is 29.2. The molecule has 4 rings (SSSR count). The van der Waals surface area contributed by atoms with E-state index in [2.05, 4.69) is 42.2 Å². The molecule has 8 atom stereocenters. The van der Waals surface area contributed by atoms with Crippen LogP contribution in [-0.4, -0.2) is 184 Å². The highest BCUT2D eigenvalue weighted by atomic mass is 32.1. The average Bonchev–Trinajstić information content (AvgIpc) is 4.25. The summed E-state index contributed by atoms with van der Waals surface area (Å²) in [7, 11) is 0. The summed E-state index contributed by atoms with van der Waals surface area (Å²) < 4.78 is 27.7. The SMILES string of the molecule is Cc1ncsc1-c1ccc(CNC(=O)[C@@H]2C[C@@H](O)CN2C(=O)[C@@H](NC(=O)CCOCCOCCOCCOCCOCCC(=O)N[C@@H](C)C(=O)N[C@H](C(=O)N[C@@H](CC(C)C)C(=O)N[C@H](C#N)C[C@@H]2CCNC2=O)C(C)C)C(C)(C)C)cc1. The summed E-state index contributed by atoms with van der Waals surface area (Å²) in [6, 6.07) is 4.05. The van der Waals surface area contributed by atoms with Crippen molar-refractivity contribution in [2.24, 2.45) is 23.2 Å². The van der Waals surface area contributed by atoms with E-state index in [1.54, 1.807) is 30.7 Å². The Morgan fingerprint density at radius 3 is 1.87 bits per heavy atom. The van der Waals surface area contributed by atoms with E-state index in [1.165, 1.54) is 11.8 Å². The molecule has 25 heteroatoms. The molecule has 2 fully saturated rings. The van der Waals surface area contributed by atoms with Gasteiger partial charge in [0.2, 0.25) is 47.3 Å². The molecule has 456 valence electrons. The minimum atomic E-state index is -1.03. The first-order valence-electron chi connectivity index (χ1n) is 28.3. The van der Waals surface area contributed by atoms with E-state index < -0.39 is 83.2 Å². The quantitative estimate of drug-likeness (QED) is 0.0451. The molecule has 0 radical (unpaired) electrons. The van der Waals surface area contributed by atoms with Gasteiger partial charge in [0.05, 0.1) is 94.3 Å². The van der Waals surface area contributed by atoms with Crippen molar-refractivity contribution in [1.82, 2.24) is 47.1 Å². The van der Waals surface area contributed by atoms with Gasteiger partial charge in [0.25, 0.3) is 0 Å². The Morgan fingerprint density at radius 2 is 1.37 bits per heavy atom. The molecular weight excluding hydrogens is 1080 g/mol. The molecule has 0 unspecified atom stereocenters. The van der Waals surface area contributed by atoms with Gasteiger partial charge in [0.15, 0.2) is 0 Å². The predicted molar refractivity (Wildman–Crippen MR) is 304 cm³/mol. The normalized spacial score (nSPS) is 18.0. The number of hydrogen-bond acceptors (Lipinski definition) is 17. The van der Waals surface area contributed by atoms with E-state index in [1.807, 2.05) is 71.9 Å². The van der Waals surface area contributed by atoms with Gasteiger partial charge < -0.3 is 70.9 Å². The van der Waals surface area contributed by atoms with E-state index in [9.17, 15) is 48.7 Å². The van der Waals surface area contributed by atoms with Gasteiger partial charge in [-0.25, -0.2) is 4.98 Å². The van der Waals surface area contributed by atoms with Crippen molar-refractivity contribution in [3.05, 3.63) is 41.0 Å². The summed E-state index contributed by atoms with van der Waals surface area (Å²) in [6.07, 6.45) is 0.145. The van der Waals surface area contributed by atoms with Crippen LogP contribution in [0.4, 0.5) is 0 Å². The fraction of sp³-hybridized carbons (Fsp3) is 0.684. The number of nitrogens with one attached hydrogen (secondary N) is 7. The maximum absolute atomic E-state index is 14.0. The van der Waals surface area contributed by atoms with E-state index in [0.717, 1.165) is 21.7 Å².